The first kappa shape index (κ1) is 53.9. The molecule has 0 amide bonds. The van der Waals surface area contributed by atoms with Gasteiger partial charge in [-0.15, -0.1) is 0 Å². The minimum absolute atomic E-state index is 0.576. The van der Waals surface area contributed by atoms with Gasteiger partial charge < -0.3 is 9.13 Å². The van der Waals surface area contributed by atoms with E-state index in [1.54, 1.807) is 0 Å². The molecule has 15 aromatic rings. The predicted octanol–water partition coefficient (Wildman–Crippen LogP) is 21.3. The normalized spacial score (nSPS) is 11.6. The van der Waals surface area contributed by atoms with E-state index in [1.807, 2.05) is 48.8 Å². The third-order valence-corrected chi connectivity index (χ3v) is 17.8. The first-order chi connectivity index (χ1) is 42.9. The van der Waals surface area contributed by atoms with Gasteiger partial charge in [-0.3, -0.25) is 4.98 Å². The molecule has 0 atom stereocenters. The standard InChI is InChI=1S/C82H64N6/c1-49-19-28-64(53(5)39-49)59-24-33-74-70(43-59)71-44-60(65-29-20-50(2)40-54(65)6)25-34-75(71)87(74)78-47-63(82-85-80(57-15-11-9-12-16-57)84-81(86-82)58-17-13-10-14-18-58)23-32-68(78)69-37-38-83-48-79(69)88-76-35-26-61(66-30-21-51(3)41-55(66)7)45-72(76)73-46-62(27-36-77(73)88)67-31-22-52(4)42-56(67)8/h9-48H,1-8H3. The molecule has 0 aliphatic carbocycles. The second kappa shape index (κ2) is 21.6. The number of benzene rings is 11. The fourth-order valence-electron chi connectivity index (χ4n) is 13.6. The van der Waals surface area contributed by atoms with Gasteiger partial charge in [-0.1, -0.05) is 192 Å². The minimum Gasteiger partial charge on any atom is -0.309 e. The number of hydrogen-bond acceptors (Lipinski definition) is 4. The molecule has 0 N–H and O–H groups in total. The summed E-state index contributed by atoms with van der Waals surface area (Å²) >= 11 is 0. The molecule has 0 saturated carbocycles. The van der Waals surface area contributed by atoms with Gasteiger partial charge >= 0.3 is 0 Å². The third kappa shape index (κ3) is 9.45. The van der Waals surface area contributed by atoms with E-state index in [-0.39, 0.29) is 0 Å². The highest BCUT2D eigenvalue weighted by atomic mass is 15.0. The van der Waals surface area contributed by atoms with E-state index in [1.165, 1.54) is 99.8 Å². The van der Waals surface area contributed by atoms with Crippen molar-refractivity contribution in [2.24, 2.45) is 0 Å². The van der Waals surface area contributed by atoms with Crippen LogP contribution in [0.1, 0.15) is 44.5 Å². The molecule has 0 fully saturated rings. The summed E-state index contributed by atoms with van der Waals surface area (Å²) in [5.74, 6) is 1.79. The van der Waals surface area contributed by atoms with Crippen molar-refractivity contribution in [3.05, 3.63) is 287 Å². The molecule has 6 nitrogen and oxygen atoms in total. The zero-order valence-electron chi connectivity index (χ0n) is 50.8. The largest absolute Gasteiger partial charge is 0.309 e. The van der Waals surface area contributed by atoms with Crippen LogP contribution < -0.4 is 0 Å². The van der Waals surface area contributed by atoms with E-state index in [0.717, 1.165) is 72.0 Å². The zero-order chi connectivity index (χ0) is 59.9. The summed E-state index contributed by atoms with van der Waals surface area (Å²) in [5.41, 5.74) is 30.6. The van der Waals surface area contributed by atoms with Crippen LogP contribution in [0.25, 0.3) is 145 Å². The molecule has 4 heterocycles. The maximum absolute atomic E-state index is 5.33. The van der Waals surface area contributed by atoms with Gasteiger partial charge in [0.25, 0.3) is 0 Å². The van der Waals surface area contributed by atoms with Gasteiger partial charge in [0.1, 0.15) is 0 Å². The smallest absolute Gasteiger partial charge is 0.164 e. The lowest BCUT2D eigenvalue weighted by molar-refractivity contribution is 1.07. The molecule has 0 spiro atoms. The van der Waals surface area contributed by atoms with Gasteiger partial charge in [0.2, 0.25) is 0 Å². The van der Waals surface area contributed by atoms with Crippen LogP contribution in [0.15, 0.2) is 243 Å². The highest BCUT2D eigenvalue weighted by Crippen LogP contribution is 2.45. The molecular formula is C82H64N6. The monoisotopic (exact) mass is 1130 g/mol. The Morgan fingerprint density at radius 1 is 0.250 bits per heavy atom. The lowest BCUT2D eigenvalue weighted by Crippen LogP contribution is -2.04. The maximum atomic E-state index is 5.33. The molecule has 0 unspecified atom stereocenters. The number of pyridine rings is 1. The highest BCUT2D eigenvalue weighted by molar-refractivity contribution is 6.14. The van der Waals surface area contributed by atoms with Crippen LogP contribution in [-0.2, 0) is 0 Å². The van der Waals surface area contributed by atoms with E-state index >= 15 is 0 Å². The number of aromatic nitrogens is 6. The average molecular weight is 1130 g/mol. The van der Waals surface area contributed by atoms with Crippen LogP contribution in [0.4, 0.5) is 0 Å². The van der Waals surface area contributed by atoms with Crippen LogP contribution in [0.3, 0.4) is 0 Å². The van der Waals surface area contributed by atoms with Crippen LogP contribution in [0, 0.1) is 55.4 Å². The quantitative estimate of drug-likeness (QED) is 0.137. The molecule has 0 radical (unpaired) electrons. The Morgan fingerprint density at radius 3 is 0.932 bits per heavy atom. The summed E-state index contributed by atoms with van der Waals surface area (Å²) in [5, 5.41) is 4.66. The molecule has 0 bridgehead atoms. The van der Waals surface area contributed by atoms with E-state index in [9.17, 15) is 0 Å². The summed E-state index contributed by atoms with van der Waals surface area (Å²) in [6, 6.07) is 84.5. The van der Waals surface area contributed by atoms with Crippen molar-refractivity contribution in [1.82, 2.24) is 29.1 Å². The number of rotatable bonds is 10. The molecule has 88 heavy (non-hydrogen) atoms. The van der Waals surface area contributed by atoms with Crippen molar-refractivity contribution in [2.75, 3.05) is 0 Å². The van der Waals surface area contributed by atoms with Gasteiger partial charge in [-0.25, -0.2) is 15.0 Å². The van der Waals surface area contributed by atoms with Gasteiger partial charge in [-0.05, 0) is 183 Å². The van der Waals surface area contributed by atoms with Crippen LogP contribution in [0.2, 0.25) is 0 Å². The molecular weight excluding hydrogens is 1070 g/mol. The van der Waals surface area contributed by atoms with Crippen molar-refractivity contribution in [1.29, 1.82) is 0 Å². The fourth-order valence-corrected chi connectivity index (χ4v) is 13.6. The third-order valence-electron chi connectivity index (χ3n) is 17.8. The van der Waals surface area contributed by atoms with Crippen molar-refractivity contribution in [2.45, 2.75) is 55.4 Å². The molecule has 4 aromatic heterocycles. The van der Waals surface area contributed by atoms with Gasteiger partial charge in [0.05, 0.1) is 39.6 Å². The van der Waals surface area contributed by atoms with Crippen molar-refractivity contribution in [3.8, 4) is 101 Å². The van der Waals surface area contributed by atoms with E-state index in [0.29, 0.717) is 17.5 Å². The molecule has 15 rings (SSSR count). The molecule has 6 heteroatoms. The second-order valence-corrected chi connectivity index (χ2v) is 24.0. The Morgan fingerprint density at radius 2 is 0.568 bits per heavy atom. The topological polar surface area (TPSA) is 61.4 Å². The Balaban J connectivity index is 1.02. The van der Waals surface area contributed by atoms with Crippen molar-refractivity contribution < 1.29 is 0 Å². The minimum atomic E-state index is 0.576. The lowest BCUT2D eigenvalue weighted by atomic mass is 9.95. The van der Waals surface area contributed by atoms with Crippen molar-refractivity contribution >= 4 is 43.6 Å². The highest BCUT2D eigenvalue weighted by Gasteiger charge is 2.25. The Kier molecular flexibility index (Phi) is 13.2. The van der Waals surface area contributed by atoms with Gasteiger partial charge in [0.15, 0.2) is 17.5 Å². The van der Waals surface area contributed by atoms with Gasteiger partial charge in [0, 0.05) is 55.6 Å². The number of fused-ring (bicyclic) bond motifs is 6. The fraction of sp³-hybridized carbons (Fsp3) is 0.0976. The summed E-state index contributed by atoms with van der Waals surface area (Å²) in [6.45, 7) is 17.5. The lowest BCUT2D eigenvalue weighted by Gasteiger charge is -2.19. The first-order valence-corrected chi connectivity index (χ1v) is 30.3. The second-order valence-electron chi connectivity index (χ2n) is 24.0. The summed E-state index contributed by atoms with van der Waals surface area (Å²) < 4.78 is 4.91. The molecule has 0 aliphatic heterocycles. The van der Waals surface area contributed by atoms with E-state index < -0.39 is 0 Å². The number of nitrogens with zero attached hydrogens (tertiary/aromatic N) is 6. The molecule has 11 aromatic carbocycles. The van der Waals surface area contributed by atoms with Crippen LogP contribution in [-0.4, -0.2) is 29.1 Å². The Labute approximate surface area is 513 Å². The number of hydrogen-bond donors (Lipinski definition) is 0. The predicted molar refractivity (Wildman–Crippen MR) is 368 cm³/mol. The van der Waals surface area contributed by atoms with Gasteiger partial charge in [-0.2, -0.15) is 0 Å². The maximum Gasteiger partial charge on any atom is 0.164 e. The molecule has 0 aliphatic rings. The summed E-state index contributed by atoms with van der Waals surface area (Å²) in [6.07, 6.45) is 3.98. The average Bonchev–Trinajstić information content (AvgIpc) is 1.87. The Bertz CT molecular complexity index is 5020. The zero-order valence-corrected chi connectivity index (χ0v) is 50.8. The first-order valence-electron chi connectivity index (χ1n) is 30.3. The molecule has 422 valence electrons. The van der Waals surface area contributed by atoms with E-state index in [2.05, 4.69) is 259 Å². The summed E-state index contributed by atoms with van der Waals surface area (Å²) in [4.78, 5) is 20.8. The SMILES string of the molecule is Cc1ccc(-c2ccc3c(c2)c2cc(-c4ccc(C)cc4C)ccc2n3-c2cnccc2-c2ccc(-c3nc(-c4ccccc4)nc(-c4ccccc4)n3)cc2-n2c3ccc(-c4ccc(C)cc4C)cc3c3cc(-c4ccc(C)cc4C)ccc32)c(C)c1. The molecule has 0 saturated heterocycles. The summed E-state index contributed by atoms with van der Waals surface area (Å²) in [7, 11) is 0. The van der Waals surface area contributed by atoms with Crippen LogP contribution >= 0.6 is 0 Å². The van der Waals surface area contributed by atoms with Crippen LogP contribution in [0.5, 0.6) is 0 Å². The van der Waals surface area contributed by atoms with Crippen molar-refractivity contribution in [3.63, 3.8) is 0 Å². The Hall–Kier alpha value is -10.8. The number of aryl methyl sites for hydroxylation is 8. The van der Waals surface area contributed by atoms with E-state index in [4.69, 9.17) is 19.9 Å².